The molecule has 2 bridgehead atoms. The fourth-order valence-electron chi connectivity index (χ4n) is 4.94. The van der Waals surface area contributed by atoms with Gasteiger partial charge in [0.15, 0.2) is 0 Å². The molecule has 2 atom stereocenters. The number of nitrogens with two attached hydrogens (primary N) is 2. The minimum absolute atomic E-state index is 0.0710. The number of rotatable bonds is 5. The topological polar surface area (TPSA) is 131 Å². The van der Waals surface area contributed by atoms with Crippen LogP contribution in [-0.4, -0.2) is 40.8 Å². The molecule has 4 rings (SSSR count). The molecular weight excluding hydrogens is 394 g/mol. The summed E-state index contributed by atoms with van der Waals surface area (Å²) in [5.41, 5.74) is 13.6. The van der Waals surface area contributed by atoms with Crippen molar-refractivity contribution in [1.82, 2.24) is 10.3 Å². The highest BCUT2D eigenvalue weighted by Gasteiger charge is 2.41. The summed E-state index contributed by atoms with van der Waals surface area (Å²) in [6.45, 7) is 3.60. The van der Waals surface area contributed by atoms with Gasteiger partial charge in [0.25, 0.3) is 5.91 Å². The number of amides is 3. The molecule has 2 aliphatic heterocycles. The van der Waals surface area contributed by atoms with E-state index in [0.717, 1.165) is 37.1 Å². The van der Waals surface area contributed by atoms with Crippen molar-refractivity contribution >= 4 is 23.5 Å². The first-order valence-electron chi connectivity index (χ1n) is 10.5. The molecule has 162 valence electrons. The highest BCUT2D eigenvalue weighted by atomic mass is 16.2. The number of hydrogen-bond acceptors (Lipinski definition) is 5. The van der Waals surface area contributed by atoms with Crippen LogP contribution in [0.25, 0.3) is 0 Å². The highest BCUT2D eigenvalue weighted by molar-refractivity contribution is 5.99. The maximum Gasteiger partial charge on any atom is 0.251 e. The Bertz CT molecular complexity index is 1040. The maximum absolute atomic E-state index is 13.0. The lowest BCUT2D eigenvalue weighted by atomic mass is 9.95. The van der Waals surface area contributed by atoms with Gasteiger partial charge < -0.3 is 21.7 Å². The Kier molecular flexibility index (Phi) is 5.39. The molecule has 8 heteroatoms. The molecule has 31 heavy (non-hydrogen) atoms. The van der Waals surface area contributed by atoms with E-state index in [2.05, 4.69) is 15.2 Å². The number of fused-ring (bicyclic) bond motifs is 2. The third kappa shape index (κ3) is 3.97. The molecule has 0 saturated carbocycles. The van der Waals surface area contributed by atoms with E-state index in [-0.39, 0.29) is 24.0 Å². The van der Waals surface area contributed by atoms with Crippen LogP contribution in [0.5, 0.6) is 0 Å². The monoisotopic (exact) mass is 421 g/mol. The summed E-state index contributed by atoms with van der Waals surface area (Å²) in [6, 6.07) is 7.61. The molecule has 2 aromatic rings. The summed E-state index contributed by atoms with van der Waals surface area (Å²) in [5, 5.41) is 3.19. The van der Waals surface area contributed by atoms with Crippen molar-refractivity contribution in [3.8, 4) is 0 Å². The van der Waals surface area contributed by atoms with Crippen molar-refractivity contribution in [3.05, 3.63) is 58.3 Å². The molecule has 2 saturated heterocycles. The van der Waals surface area contributed by atoms with Crippen LogP contribution < -0.4 is 21.7 Å². The fraction of sp³-hybridized carbons (Fsp3) is 0.391. The number of piperidine rings is 1. The lowest BCUT2D eigenvalue weighted by Gasteiger charge is -2.40. The molecule has 1 aromatic heterocycles. The van der Waals surface area contributed by atoms with Crippen LogP contribution in [0, 0.1) is 13.8 Å². The van der Waals surface area contributed by atoms with Gasteiger partial charge in [-0.3, -0.25) is 14.4 Å². The Balaban J connectivity index is 1.46. The minimum atomic E-state index is -0.492. The number of nitrogens with one attached hydrogen (secondary N) is 1. The largest absolute Gasteiger partial charge is 0.366 e. The molecule has 5 N–H and O–H groups in total. The molecule has 0 spiro atoms. The van der Waals surface area contributed by atoms with Crippen LogP contribution in [-0.2, 0) is 0 Å². The predicted octanol–water partition coefficient (Wildman–Crippen LogP) is 1.83. The molecule has 3 heterocycles. The molecule has 2 fully saturated rings. The Hall–Kier alpha value is -3.42. The second-order valence-electron chi connectivity index (χ2n) is 8.55. The Morgan fingerprint density at radius 2 is 1.58 bits per heavy atom. The van der Waals surface area contributed by atoms with E-state index in [1.807, 2.05) is 13.0 Å². The zero-order chi connectivity index (χ0) is 22.3. The van der Waals surface area contributed by atoms with Crippen LogP contribution in [0.15, 0.2) is 30.5 Å². The molecule has 8 nitrogen and oxygen atoms in total. The van der Waals surface area contributed by atoms with Gasteiger partial charge in [-0.05, 0) is 74.9 Å². The van der Waals surface area contributed by atoms with Crippen molar-refractivity contribution in [3.63, 3.8) is 0 Å². The summed E-state index contributed by atoms with van der Waals surface area (Å²) in [6.07, 6.45) is 5.27. The van der Waals surface area contributed by atoms with Crippen LogP contribution in [0.1, 0.15) is 67.9 Å². The van der Waals surface area contributed by atoms with Gasteiger partial charge in [-0.25, -0.2) is 4.98 Å². The molecule has 2 unspecified atom stereocenters. The number of aryl methyl sites for hydroxylation is 2. The Morgan fingerprint density at radius 1 is 0.968 bits per heavy atom. The van der Waals surface area contributed by atoms with Gasteiger partial charge in [-0.15, -0.1) is 0 Å². The van der Waals surface area contributed by atoms with Gasteiger partial charge in [-0.2, -0.15) is 0 Å². The third-order valence-electron chi connectivity index (χ3n) is 6.45. The van der Waals surface area contributed by atoms with Crippen molar-refractivity contribution in [2.75, 3.05) is 4.90 Å². The summed E-state index contributed by atoms with van der Waals surface area (Å²) < 4.78 is 0. The third-order valence-corrected chi connectivity index (χ3v) is 6.45. The SMILES string of the molecule is Cc1cc(C(=O)NC2CC3CCC(C2)N3c2ccc(C(N)=O)cn2)c(C)cc1C(N)=O. The molecule has 1 aromatic carbocycles. The van der Waals surface area contributed by atoms with Gasteiger partial charge in [0.05, 0.1) is 5.56 Å². The second-order valence-corrected chi connectivity index (χ2v) is 8.55. The summed E-state index contributed by atoms with van der Waals surface area (Å²) >= 11 is 0. The molecule has 0 radical (unpaired) electrons. The van der Waals surface area contributed by atoms with Crippen LogP contribution in [0.3, 0.4) is 0 Å². The standard InChI is InChI=1S/C23H27N5O3/c1-12-8-19(13(2)7-18(12)22(25)30)23(31)27-15-9-16-4-5-17(10-15)28(16)20-6-3-14(11-26-20)21(24)29/h3,6-8,11,15-17H,4-5,9-10H2,1-2H3,(H2,24,29)(H2,25,30)(H,27,31). The number of carbonyl (C=O) groups excluding carboxylic acids is 3. The number of primary amides is 2. The van der Waals surface area contributed by atoms with E-state index in [1.165, 1.54) is 6.20 Å². The number of benzene rings is 1. The van der Waals surface area contributed by atoms with E-state index in [9.17, 15) is 14.4 Å². The van der Waals surface area contributed by atoms with Crippen LogP contribution in [0.2, 0.25) is 0 Å². The Labute approximate surface area is 181 Å². The number of anilines is 1. The first kappa shape index (κ1) is 20.8. The van der Waals surface area contributed by atoms with Gasteiger partial charge >= 0.3 is 0 Å². The smallest absolute Gasteiger partial charge is 0.251 e. The van der Waals surface area contributed by atoms with Crippen LogP contribution in [0.4, 0.5) is 5.82 Å². The normalized spacial score (nSPS) is 22.3. The van der Waals surface area contributed by atoms with Gasteiger partial charge in [0.2, 0.25) is 11.8 Å². The number of pyridine rings is 1. The molecule has 2 aliphatic rings. The zero-order valence-corrected chi connectivity index (χ0v) is 17.7. The predicted molar refractivity (Wildman–Crippen MR) is 117 cm³/mol. The van der Waals surface area contributed by atoms with E-state index in [4.69, 9.17) is 11.5 Å². The second kappa shape index (κ2) is 8.02. The zero-order valence-electron chi connectivity index (χ0n) is 17.7. The average molecular weight is 422 g/mol. The van der Waals surface area contributed by atoms with Crippen molar-refractivity contribution in [1.29, 1.82) is 0 Å². The summed E-state index contributed by atoms with van der Waals surface area (Å²) in [5.74, 6) is -0.263. The van der Waals surface area contributed by atoms with Gasteiger partial charge in [0.1, 0.15) is 5.82 Å². The number of hydrogen-bond donors (Lipinski definition) is 3. The Morgan fingerprint density at radius 3 is 2.13 bits per heavy atom. The fourth-order valence-corrected chi connectivity index (χ4v) is 4.94. The number of carbonyl (C=O) groups is 3. The van der Waals surface area contributed by atoms with Gasteiger partial charge in [0, 0.05) is 35.4 Å². The molecule has 3 amide bonds. The number of nitrogens with zero attached hydrogens (tertiary/aromatic N) is 2. The highest BCUT2D eigenvalue weighted by Crippen LogP contribution is 2.38. The molecule has 0 aliphatic carbocycles. The van der Waals surface area contributed by atoms with Crippen molar-refractivity contribution in [2.24, 2.45) is 11.5 Å². The lowest BCUT2D eigenvalue weighted by Crippen LogP contribution is -2.50. The lowest BCUT2D eigenvalue weighted by molar-refractivity contribution is 0.0923. The van der Waals surface area contributed by atoms with E-state index in [0.29, 0.717) is 22.3 Å². The van der Waals surface area contributed by atoms with E-state index >= 15 is 0 Å². The molecular formula is C23H27N5O3. The quantitative estimate of drug-likeness (QED) is 0.678. The van der Waals surface area contributed by atoms with Gasteiger partial charge in [-0.1, -0.05) is 0 Å². The van der Waals surface area contributed by atoms with Crippen molar-refractivity contribution in [2.45, 2.75) is 57.7 Å². The summed E-state index contributed by atoms with van der Waals surface area (Å²) in [7, 11) is 0. The first-order valence-corrected chi connectivity index (χ1v) is 10.5. The maximum atomic E-state index is 13.0. The van der Waals surface area contributed by atoms with Crippen LogP contribution >= 0.6 is 0 Å². The first-order chi connectivity index (χ1) is 14.7. The van der Waals surface area contributed by atoms with E-state index in [1.54, 1.807) is 25.1 Å². The van der Waals surface area contributed by atoms with E-state index < -0.39 is 11.8 Å². The van der Waals surface area contributed by atoms with Crippen molar-refractivity contribution < 1.29 is 14.4 Å². The minimum Gasteiger partial charge on any atom is -0.366 e. The summed E-state index contributed by atoms with van der Waals surface area (Å²) in [4.78, 5) is 42.5. The number of aromatic nitrogens is 1. The average Bonchev–Trinajstić information content (AvgIpc) is 2.99.